The molecule has 0 radical (unpaired) electrons. The number of hydrogen-bond donors (Lipinski definition) is 0. The quantitative estimate of drug-likeness (QED) is 0.708. The van der Waals surface area contributed by atoms with E-state index >= 15 is 0 Å². The van der Waals surface area contributed by atoms with Crippen LogP contribution in [0.4, 0.5) is 0 Å². The second-order valence-corrected chi connectivity index (χ2v) is 3.91. The van der Waals surface area contributed by atoms with E-state index in [0.29, 0.717) is 0 Å². The number of fused-ring (bicyclic) bond motifs is 1. The van der Waals surface area contributed by atoms with Crippen LogP contribution in [-0.4, -0.2) is 11.6 Å². The first-order chi connectivity index (χ1) is 7.92. The highest BCUT2D eigenvalue weighted by molar-refractivity contribution is 5.87. The van der Waals surface area contributed by atoms with Crippen LogP contribution in [0.3, 0.4) is 0 Å². The average Bonchev–Trinajstić information content (AvgIpc) is 2.35. The number of rotatable bonds is 5. The molecule has 0 saturated carbocycles. The van der Waals surface area contributed by atoms with E-state index in [-0.39, 0.29) is 0 Å². The third-order valence-electron chi connectivity index (χ3n) is 2.65. The van der Waals surface area contributed by atoms with Crippen molar-refractivity contribution in [3.05, 3.63) is 36.7 Å². The lowest BCUT2D eigenvalue weighted by Gasteiger charge is -2.08. The molecule has 2 nitrogen and oxygen atoms in total. The smallest absolute Gasteiger partial charge is 0.128 e. The van der Waals surface area contributed by atoms with Gasteiger partial charge in [0.15, 0.2) is 0 Å². The van der Waals surface area contributed by atoms with Gasteiger partial charge in [0.1, 0.15) is 5.75 Å². The van der Waals surface area contributed by atoms with Crippen LogP contribution in [0.2, 0.25) is 0 Å². The number of nitrogens with zero attached hydrogens (tertiary/aromatic N) is 1. The summed E-state index contributed by atoms with van der Waals surface area (Å²) in [7, 11) is 0. The van der Waals surface area contributed by atoms with E-state index in [1.54, 1.807) is 0 Å². The predicted molar refractivity (Wildman–Crippen MR) is 66.8 cm³/mol. The maximum Gasteiger partial charge on any atom is 0.128 e. The molecule has 0 aliphatic carbocycles. The minimum Gasteiger partial charge on any atom is -0.493 e. The summed E-state index contributed by atoms with van der Waals surface area (Å²) in [5.74, 6) is 0.946. The minimum absolute atomic E-state index is 0.793. The van der Waals surface area contributed by atoms with E-state index in [9.17, 15) is 0 Å². The monoisotopic (exact) mass is 215 g/mol. The second-order valence-electron chi connectivity index (χ2n) is 3.91. The Labute approximate surface area is 96.3 Å². The number of unbranched alkanes of at least 4 members (excludes halogenated alkanes) is 2. The Hall–Kier alpha value is -1.57. The summed E-state index contributed by atoms with van der Waals surface area (Å²) in [6.45, 7) is 2.99. The maximum atomic E-state index is 5.78. The van der Waals surface area contributed by atoms with E-state index in [1.807, 2.05) is 30.6 Å². The maximum absolute atomic E-state index is 5.78. The highest BCUT2D eigenvalue weighted by Crippen LogP contribution is 2.24. The van der Waals surface area contributed by atoms with Crippen molar-refractivity contribution < 1.29 is 4.74 Å². The Morgan fingerprint density at radius 2 is 2.12 bits per heavy atom. The first-order valence-corrected chi connectivity index (χ1v) is 5.87. The molecule has 0 aliphatic rings. The number of aromatic nitrogens is 1. The second kappa shape index (κ2) is 5.50. The van der Waals surface area contributed by atoms with Crippen LogP contribution in [0.15, 0.2) is 36.7 Å². The van der Waals surface area contributed by atoms with Crippen LogP contribution in [0, 0.1) is 0 Å². The summed E-state index contributed by atoms with van der Waals surface area (Å²) in [6.07, 6.45) is 7.24. The lowest BCUT2D eigenvalue weighted by molar-refractivity contribution is 0.309. The lowest BCUT2D eigenvalue weighted by Crippen LogP contribution is -1.97. The number of benzene rings is 1. The summed E-state index contributed by atoms with van der Waals surface area (Å²) in [5.41, 5.74) is 0. The van der Waals surface area contributed by atoms with Crippen LogP contribution in [0.25, 0.3) is 10.8 Å². The number of pyridine rings is 1. The minimum atomic E-state index is 0.793. The summed E-state index contributed by atoms with van der Waals surface area (Å²) in [6, 6.07) is 8.12. The zero-order valence-corrected chi connectivity index (χ0v) is 9.65. The van der Waals surface area contributed by atoms with Gasteiger partial charge in [-0.05, 0) is 23.9 Å². The Morgan fingerprint density at radius 1 is 1.19 bits per heavy atom. The Kier molecular flexibility index (Phi) is 3.76. The third kappa shape index (κ3) is 2.51. The first-order valence-electron chi connectivity index (χ1n) is 5.87. The van der Waals surface area contributed by atoms with Gasteiger partial charge in [-0.2, -0.15) is 0 Å². The molecule has 1 aromatic carbocycles. The molecule has 1 heterocycles. The van der Waals surface area contributed by atoms with Crippen molar-refractivity contribution in [2.24, 2.45) is 0 Å². The third-order valence-corrected chi connectivity index (χ3v) is 2.65. The van der Waals surface area contributed by atoms with Gasteiger partial charge in [0.25, 0.3) is 0 Å². The molecule has 1 aromatic heterocycles. The molecular weight excluding hydrogens is 198 g/mol. The van der Waals surface area contributed by atoms with E-state index < -0.39 is 0 Å². The fraction of sp³-hybridized carbons (Fsp3) is 0.357. The highest BCUT2D eigenvalue weighted by Gasteiger charge is 2.00. The standard InChI is InChI=1S/C14H17NO/c1-2-3-4-10-16-14-7-5-6-12-8-9-15-11-13(12)14/h5-9,11H,2-4,10H2,1H3. The van der Waals surface area contributed by atoms with Gasteiger partial charge in [-0.25, -0.2) is 0 Å². The normalized spacial score (nSPS) is 10.6. The van der Waals surface area contributed by atoms with Gasteiger partial charge < -0.3 is 4.74 Å². The summed E-state index contributed by atoms with van der Waals surface area (Å²) in [4.78, 5) is 4.14. The molecule has 0 N–H and O–H groups in total. The zero-order valence-electron chi connectivity index (χ0n) is 9.65. The fourth-order valence-corrected chi connectivity index (χ4v) is 1.75. The molecular formula is C14H17NO. The molecule has 2 aromatic rings. The van der Waals surface area contributed by atoms with Crippen LogP contribution in [-0.2, 0) is 0 Å². The summed E-state index contributed by atoms with van der Waals surface area (Å²) < 4.78 is 5.78. The molecule has 0 amide bonds. The van der Waals surface area contributed by atoms with Crippen molar-refractivity contribution in [1.29, 1.82) is 0 Å². The van der Waals surface area contributed by atoms with Crippen molar-refractivity contribution in [2.75, 3.05) is 6.61 Å². The van der Waals surface area contributed by atoms with Crippen molar-refractivity contribution in [2.45, 2.75) is 26.2 Å². The molecule has 16 heavy (non-hydrogen) atoms. The molecule has 0 unspecified atom stereocenters. The Bertz CT molecular complexity index is 448. The molecule has 2 rings (SSSR count). The molecule has 0 fully saturated rings. The SMILES string of the molecule is CCCCCOc1cccc2ccncc12. The van der Waals surface area contributed by atoms with E-state index in [0.717, 1.165) is 24.2 Å². The molecule has 0 saturated heterocycles. The van der Waals surface area contributed by atoms with Gasteiger partial charge in [-0.1, -0.05) is 31.9 Å². The van der Waals surface area contributed by atoms with Crippen molar-refractivity contribution >= 4 is 10.8 Å². The van der Waals surface area contributed by atoms with E-state index in [4.69, 9.17) is 4.74 Å². The largest absolute Gasteiger partial charge is 0.493 e. The molecule has 0 aliphatic heterocycles. The van der Waals surface area contributed by atoms with Gasteiger partial charge in [0.05, 0.1) is 6.61 Å². The Morgan fingerprint density at radius 3 is 3.00 bits per heavy atom. The first kappa shape index (κ1) is 10.9. The number of ether oxygens (including phenoxy) is 1. The Balaban J connectivity index is 2.11. The lowest BCUT2D eigenvalue weighted by atomic mass is 10.1. The molecule has 84 valence electrons. The summed E-state index contributed by atoms with van der Waals surface area (Å²) in [5, 5.41) is 2.28. The number of hydrogen-bond acceptors (Lipinski definition) is 2. The van der Waals surface area contributed by atoms with Gasteiger partial charge in [0, 0.05) is 17.8 Å². The van der Waals surface area contributed by atoms with Gasteiger partial charge in [-0.15, -0.1) is 0 Å². The fourth-order valence-electron chi connectivity index (χ4n) is 1.75. The van der Waals surface area contributed by atoms with Gasteiger partial charge in [-0.3, -0.25) is 4.98 Å². The van der Waals surface area contributed by atoms with Gasteiger partial charge in [0.2, 0.25) is 0 Å². The molecule has 2 heteroatoms. The van der Waals surface area contributed by atoms with Crippen LogP contribution in [0.5, 0.6) is 5.75 Å². The van der Waals surface area contributed by atoms with Crippen LogP contribution >= 0.6 is 0 Å². The van der Waals surface area contributed by atoms with E-state index in [1.165, 1.54) is 18.2 Å². The molecule has 0 bridgehead atoms. The van der Waals surface area contributed by atoms with Crippen molar-refractivity contribution in [3.63, 3.8) is 0 Å². The van der Waals surface area contributed by atoms with Crippen molar-refractivity contribution in [1.82, 2.24) is 4.98 Å². The van der Waals surface area contributed by atoms with Gasteiger partial charge >= 0.3 is 0 Å². The molecule has 0 atom stereocenters. The van der Waals surface area contributed by atoms with Crippen LogP contribution < -0.4 is 4.74 Å². The summed E-state index contributed by atoms with van der Waals surface area (Å²) >= 11 is 0. The highest BCUT2D eigenvalue weighted by atomic mass is 16.5. The zero-order chi connectivity index (χ0) is 11.2. The van der Waals surface area contributed by atoms with E-state index in [2.05, 4.69) is 18.0 Å². The predicted octanol–water partition coefficient (Wildman–Crippen LogP) is 3.80. The topological polar surface area (TPSA) is 22.1 Å². The van der Waals surface area contributed by atoms with Crippen LogP contribution in [0.1, 0.15) is 26.2 Å². The average molecular weight is 215 g/mol. The molecule has 0 spiro atoms. The van der Waals surface area contributed by atoms with Crippen molar-refractivity contribution in [3.8, 4) is 5.75 Å².